The minimum absolute atomic E-state index is 0.172. The number of aryl methyl sites for hydroxylation is 1. The number of nitrogens with one attached hydrogen (secondary N) is 1. The molecule has 0 saturated carbocycles. The van der Waals surface area contributed by atoms with Gasteiger partial charge in [-0.15, -0.1) is 0 Å². The van der Waals surface area contributed by atoms with Crippen molar-refractivity contribution in [2.24, 2.45) is 0 Å². The normalized spacial score (nSPS) is 13.9. The van der Waals surface area contributed by atoms with Crippen molar-refractivity contribution >= 4 is 23.2 Å². The van der Waals surface area contributed by atoms with E-state index >= 15 is 0 Å². The molecule has 0 aromatic carbocycles. The molecular formula is C13H16ClN5O2. The summed E-state index contributed by atoms with van der Waals surface area (Å²) < 4.78 is 8.83. The Kier molecular flexibility index (Phi) is 3.59. The molecule has 3 rings (SSSR count). The van der Waals surface area contributed by atoms with E-state index in [1.54, 1.807) is 21.8 Å². The van der Waals surface area contributed by atoms with Gasteiger partial charge in [0.25, 0.3) is 5.91 Å². The fourth-order valence-electron chi connectivity index (χ4n) is 2.12. The first-order valence-electron chi connectivity index (χ1n) is 6.81. The SMILES string of the molecule is CC(C)n1cc(NC(=O)c2nn3c(c2Cl)OCCC3)cn1. The van der Waals surface area contributed by atoms with Crippen LogP contribution in [0.25, 0.3) is 0 Å². The average molecular weight is 310 g/mol. The van der Waals surface area contributed by atoms with Crippen LogP contribution in [0.15, 0.2) is 12.4 Å². The first kappa shape index (κ1) is 13.9. The maximum absolute atomic E-state index is 12.3. The number of aromatic nitrogens is 4. The largest absolute Gasteiger partial charge is 0.477 e. The van der Waals surface area contributed by atoms with E-state index in [4.69, 9.17) is 16.3 Å². The Balaban J connectivity index is 1.80. The highest BCUT2D eigenvalue weighted by molar-refractivity contribution is 6.35. The van der Waals surface area contributed by atoms with Gasteiger partial charge >= 0.3 is 0 Å². The summed E-state index contributed by atoms with van der Waals surface area (Å²) in [5, 5.41) is 11.4. The van der Waals surface area contributed by atoms with Crippen LogP contribution in [0.3, 0.4) is 0 Å². The van der Waals surface area contributed by atoms with Crippen LogP contribution >= 0.6 is 11.6 Å². The van der Waals surface area contributed by atoms with Gasteiger partial charge in [0.2, 0.25) is 5.88 Å². The van der Waals surface area contributed by atoms with Crippen LogP contribution in [0.4, 0.5) is 5.69 Å². The number of hydrogen-bond donors (Lipinski definition) is 1. The van der Waals surface area contributed by atoms with Crippen LogP contribution in [0.2, 0.25) is 5.02 Å². The van der Waals surface area contributed by atoms with Gasteiger partial charge in [-0.25, -0.2) is 4.68 Å². The molecule has 0 aliphatic carbocycles. The Bertz CT molecular complexity index is 676. The highest BCUT2D eigenvalue weighted by Gasteiger charge is 2.25. The van der Waals surface area contributed by atoms with Crippen molar-refractivity contribution in [2.45, 2.75) is 32.9 Å². The van der Waals surface area contributed by atoms with Crippen LogP contribution in [-0.2, 0) is 6.54 Å². The molecule has 8 heteroatoms. The fourth-order valence-corrected chi connectivity index (χ4v) is 2.39. The highest BCUT2D eigenvalue weighted by Crippen LogP contribution is 2.31. The molecule has 3 heterocycles. The van der Waals surface area contributed by atoms with Gasteiger partial charge in [-0.2, -0.15) is 10.2 Å². The molecule has 0 saturated heterocycles. The molecule has 1 aliphatic heterocycles. The molecule has 7 nitrogen and oxygen atoms in total. The third-order valence-corrected chi connectivity index (χ3v) is 3.55. The van der Waals surface area contributed by atoms with E-state index in [1.165, 1.54) is 0 Å². The number of amides is 1. The third kappa shape index (κ3) is 2.61. The number of anilines is 1. The summed E-state index contributed by atoms with van der Waals surface area (Å²) in [6.45, 7) is 5.31. The lowest BCUT2D eigenvalue weighted by Crippen LogP contribution is -2.16. The van der Waals surface area contributed by atoms with Crippen LogP contribution in [0, 0.1) is 0 Å². The first-order chi connectivity index (χ1) is 10.1. The zero-order chi connectivity index (χ0) is 15.0. The van der Waals surface area contributed by atoms with Crippen LogP contribution in [-0.4, -0.2) is 32.1 Å². The summed E-state index contributed by atoms with van der Waals surface area (Å²) in [5.41, 5.74) is 0.780. The monoisotopic (exact) mass is 309 g/mol. The average Bonchev–Trinajstić information content (AvgIpc) is 3.05. The maximum atomic E-state index is 12.3. The number of rotatable bonds is 3. The molecule has 2 aromatic rings. The number of hydrogen-bond acceptors (Lipinski definition) is 4. The Hall–Kier alpha value is -2.02. The van der Waals surface area contributed by atoms with E-state index in [0.717, 1.165) is 6.42 Å². The third-order valence-electron chi connectivity index (χ3n) is 3.21. The summed E-state index contributed by atoms with van der Waals surface area (Å²) >= 11 is 6.17. The van der Waals surface area contributed by atoms with Gasteiger partial charge in [-0.3, -0.25) is 9.48 Å². The molecular weight excluding hydrogens is 294 g/mol. The van der Waals surface area contributed by atoms with Gasteiger partial charge in [-0.1, -0.05) is 11.6 Å². The molecule has 0 fully saturated rings. The van der Waals surface area contributed by atoms with Crippen LogP contribution in [0.5, 0.6) is 5.88 Å². The Labute approximate surface area is 126 Å². The second-order valence-corrected chi connectivity index (χ2v) is 5.53. The molecule has 1 aliphatic rings. The van der Waals surface area contributed by atoms with Crippen molar-refractivity contribution in [1.29, 1.82) is 0 Å². The van der Waals surface area contributed by atoms with Crippen molar-refractivity contribution in [3.8, 4) is 5.88 Å². The first-order valence-corrected chi connectivity index (χ1v) is 7.18. The zero-order valence-electron chi connectivity index (χ0n) is 11.8. The molecule has 112 valence electrons. The van der Waals surface area contributed by atoms with E-state index in [-0.39, 0.29) is 22.7 Å². The van der Waals surface area contributed by atoms with Gasteiger partial charge < -0.3 is 10.1 Å². The summed E-state index contributed by atoms with van der Waals surface area (Å²) in [6, 6.07) is 0.229. The molecule has 0 atom stereocenters. The lowest BCUT2D eigenvalue weighted by atomic mass is 10.3. The van der Waals surface area contributed by atoms with Crippen molar-refractivity contribution in [3.63, 3.8) is 0 Å². The van der Waals surface area contributed by atoms with Gasteiger partial charge in [-0.05, 0) is 13.8 Å². The standard InChI is InChI=1S/C13H16ClN5O2/c1-8(2)19-7-9(6-15-19)16-12(20)11-10(14)13-18(17-11)4-3-5-21-13/h6-8H,3-5H2,1-2H3,(H,16,20). The maximum Gasteiger partial charge on any atom is 0.277 e. The van der Waals surface area contributed by atoms with Gasteiger partial charge in [0.15, 0.2) is 5.69 Å². The number of nitrogens with zero attached hydrogens (tertiary/aromatic N) is 4. The Morgan fingerprint density at radius 3 is 3.00 bits per heavy atom. The van der Waals surface area contributed by atoms with E-state index in [1.807, 2.05) is 13.8 Å². The van der Waals surface area contributed by atoms with E-state index in [0.29, 0.717) is 24.7 Å². The van der Waals surface area contributed by atoms with Gasteiger partial charge in [0.1, 0.15) is 5.02 Å². The molecule has 0 bridgehead atoms. The molecule has 0 spiro atoms. The van der Waals surface area contributed by atoms with E-state index in [9.17, 15) is 4.79 Å². The minimum Gasteiger partial charge on any atom is -0.477 e. The number of carbonyl (C=O) groups is 1. The van der Waals surface area contributed by atoms with Crippen molar-refractivity contribution in [3.05, 3.63) is 23.1 Å². The molecule has 2 aromatic heterocycles. The summed E-state index contributed by atoms with van der Waals surface area (Å²) in [4.78, 5) is 12.3. The summed E-state index contributed by atoms with van der Waals surface area (Å²) in [5.74, 6) is 0.0970. The van der Waals surface area contributed by atoms with Crippen molar-refractivity contribution in [2.75, 3.05) is 11.9 Å². The predicted molar refractivity (Wildman–Crippen MR) is 77.9 cm³/mol. The second kappa shape index (κ2) is 5.40. The lowest BCUT2D eigenvalue weighted by molar-refractivity contribution is 0.102. The summed E-state index contributed by atoms with van der Waals surface area (Å²) in [7, 11) is 0. The van der Waals surface area contributed by atoms with Gasteiger partial charge in [0.05, 0.1) is 18.5 Å². The van der Waals surface area contributed by atoms with Crippen molar-refractivity contribution in [1.82, 2.24) is 19.6 Å². The second-order valence-electron chi connectivity index (χ2n) is 5.15. The molecule has 21 heavy (non-hydrogen) atoms. The van der Waals surface area contributed by atoms with Crippen LogP contribution in [0.1, 0.15) is 36.8 Å². The molecule has 0 radical (unpaired) electrons. The van der Waals surface area contributed by atoms with E-state index < -0.39 is 0 Å². The summed E-state index contributed by atoms with van der Waals surface area (Å²) in [6.07, 6.45) is 4.22. The fraction of sp³-hybridized carbons (Fsp3) is 0.462. The highest BCUT2D eigenvalue weighted by atomic mass is 35.5. The number of halogens is 1. The minimum atomic E-state index is -0.367. The predicted octanol–water partition coefficient (Wildman–Crippen LogP) is 2.35. The quantitative estimate of drug-likeness (QED) is 0.944. The molecule has 1 N–H and O–H groups in total. The lowest BCUT2D eigenvalue weighted by Gasteiger charge is -2.14. The Morgan fingerprint density at radius 1 is 1.52 bits per heavy atom. The zero-order valence-corrected chi connectivity index (χ0v) is 12.6. The molecule has 0 unspecified atom stereocenters. The van der Waals surface area contributed by atoms with E-state index in [2.05, 4.69) is 15.5 Å². The number of fused-ring (bicyclic) bond motifs is 1. The molecule has 1 amide bonds. The Morgan fingerprint density at radius 2 is 2.33 bits per heavy atom. The number of ether oxygens (including phenoxy) is 1. The van der Waals surface area contributed by atoms with Gasteiger partial charge in [0, 0.05) is 25.2 Å². The topological polar surface area (TPSA) is 74.0 Å². The number of carbonyl (C=O) groups excluding carboxylic acids is 1. The van der Waals surface area contributed by atoms with Crippen molar-refractivity contribution < 1.29 is 9.53 Å². The van der Waals surface area contributed by atoms with Crippen LogP contribution < -0.4 is 10.1 Å². The smallest absolute Gasteiger partial charge is 0.277 e.